The number of carbonyl (C=O) groups excluding carboxylic acids is 2. The number of rotatable bonds is 10. The Hall–Kier alpha value is -3.35. The molecule has 3 rings (SSSR count). The molecule has 0 bridgehead atoms. The number of alkyl carbamates (subject to hydrolysis) is 1. The lowest BCUT2D eigenvalue weighted by molar-refractivity contribution is -0.142. The number of benzene rings is 2. The first-order chi connectivity index (χ1) is 16.6. The van der Waals surface area contributed by atoms with Crippen molar-refractivity contribution in [1.82, 2.24) is 10.6 Å². The fourth-order valence-corrected chi connectivity index (χ4v) is 4.42. The average molecular weight is 481 g/mol. The van der Waals surface area contributed by atoms with Crippen molar-refractivity contribution in [3.8, 4) is 11.1 Å². The van der Waals surface area contributed by atoms with Crippen LogP contribution in [-0.2, 0) is 14.3 Å². The Morgan fingerprint density at radius 3 is 2.06 bits per heavy atom. The average Bonchev–Trinajstić information content (AvgIpc) is 3.13. The number of carboxylic acid groups (broad SMARTS) is 1. The van der Waals surface area contributed by atoms with Gasteiger partial charge in [-0.1, -0.05) is 76.2 Å². The van der Waals surface area contributed by atoms with Crippen molar-refractivity contribution in [3.05, 3.63) is 59.7 Å². The molecule has 7 heteroatoms. The molecule has 2 atom stereocenters. The van der Waals surface area contributed by atoms with Crippen LogP contribution in [0.2, 0.25) is 0 Å². The molecular weight excluding hydrogens is 444 g/mol. The SMILES string of the molecule is CCC(CC(=O)NC(CCC(C)(C)C)C(=O)O)NC(=O)OCC1c2ccccc2-c2ccccc21. The van der Waals surface area contributed by atoms with Crippen LogP contribution >= 0.6 is 0 Å². The van der Waals surface area contributed by atoms with Crippen molar-refractivity contribution in [1.29, 1.82) is 0 Å². The van der Waals surface area contributed by atoms with Gasteiger partial charge in [0.1, 0.15) is 12.6 Å². The number of carboxylic acids is 1. The fourth-order valence-electron chi connectivity index (χ4n) is 4.42. The van der Waals surface area contributed by atoms with E-state index in [0.29, 0.717) is 19.3 Å². The van der Waals surface area contributed by atoms with E-state index in [2.05, 4.69) is 34.9 Å². The Kier molecular flexibility index (Phi) is 8.54. The highest BCUT2D eigenvalue weighted by atomic mass is 16.5. The second-order valence-electron chi connectivity index (χ2n) is 10.3. The Morgan fingerprint density at radius 2 is 1.54 bits per heavy atom. The summed E-state index contributed by atoms with van der Waals surface area (Å²) >= 11 is 0. The van der Waals surface area contributed by atoms with Gasteiger partial charge >= 0.3 is 12.1 Å². The summed E-state index contributed by atoms with van der Waals surface area (Å²) in [5.41, 5.74) is 4.53. The Labute approximate surface area is 207 Å². The lowest BCUT2D eigenvalue weighted by Gasteiger charge is -2.23. The van der Waals surface area contributed by atoms with Crippen molar-refractivity contribution in [3.63, 3.8) is 0 Å². The Bertz CT molecular complexity index is 1010. The van der Waals surface area contributed by atoms with Gasteiger partial charge in [-0.25, -0.2) is 9.59 Å². The molecule has 0 radical (unpaired) electrons. The Balaban J connectivity index is 1.53. The van der Waals surface area contributed by atoms with Crippen LogP contribution in [-0.4, -0.2) is 41.8 Å². The predicted octanol–water partition coefficient (Wildman–Crippen LogP) is 5.09. The van der Waals surface area contributed by atoms with Gasteiger partial charge in [-0.3, -0.25) is 4.79 Å². The summed E-state index contributed by atoms with van der Waals surface area (Å²) in [6, 6.07) is 14.8. The van der Waals surface area contributed by atoms with E-state index in [4.69, 9.17) is 4.74 Å². The number of hydrogen-bond donors (Lipinski definition) is 3. The number of hydrogen-bond acceptors (Lipinski definition) is 4. The molecule has 0 saturated heterocycles. The minimum Gasteiger partial charge on any atom is -0.480 e. The largest absolute Gasteiger partial charge is 0.480 e. The number of nitrogens with one attached hydrogen (secondary N) is 2. The van der Waals surface area contributed by atoms with Gasteiger partial charge < -0.3 is 20.5 Å². The van der Waals surface area contributed by atoms with E-state index >= 15 is 0 Å². The second-order valence-corrected chi connectivity index (χ2v) is 10.3. The number of ether oxygens (including phenoxy) is 1. The van der Waals surface area contributed by atoms with E-state index in [9.17, 15) is 19.5 Å². The third kappa shape index (κ3) is 7.07. The lowest BCUT2D eigenvalue weighted by Crippen LogP contribution is -2.45. The second kappa shape index (κ2) is 11.4. The highest BCUT2D eigenvalue weighted by Crippen LogP contribution is 2.44. The summed E-state index contributed by atoms with van der Waals surface area (Å²) < 4.78 is 5.57. The first-order valence-corrected chi connectivity index (χ1v) is 12.2. The molecule has 1 aliphatic rings. The maximum absolute atomic E-state index is 12.6. The topological polar surface area (TPSA) is 105 Å². The van der Waals surface area contributed by atoms with Crippen LogP contribution in [0.4, 0.5) is 4.79 Å². The molecule has 188 valence electrons. The van der Waals surface area contributed by atoms with Gasteiger partial charge in [0.15, 0.2) is 0 Å². The zero-order valence-corrected chi connectivity index (χ0v) is 21.0. The van der Waals surface area contributed by atoms with Crippen LogP contribution in [0.5, 0.6) is 0 Å². The van der Waals surface area contributed by atoms with Gasteiger partial charge in [0.2, 0.25) is 5.91 Å². The zero-order valence-electron chi connectivity index (χ0n) is 21.0. The zero-order chi connectivity index (χ0) is 25.6. The molecule has 0 saturated carbocycles. The lowest BCUT2D eigenvalue weighted by atomic mass is 9.88. The molecule has 1 aliphatic carbocycles. The van der Waals surface area contributed by atoms with Gasteiger partial charge in [0, 0.05) is 18.4 Å². The summed E-state index contributed by atoms with van der Waals surface area (Å²) in [7, 11) is 0. The maximum atomic E-state index is 12.6. The summed E-state index contributed by atoms with van der Waals surface area (Å²) in [6.07, 6.45) is 0.923. The number of fused-ring (bicyclic) bond motifs is 3. The van der Waals surface area contributed by atoms with Crippen LogP contribution in [0.1, 0.15) is 70.4 Å². The quantitative estimate of drug-likeness (QED) is 0.439. The molecule has 3 N–H and O–H groups in total. The van der Waals surface area contributed by atoms with E-state index in [1.54, 1.807) is 0 Å². The molecule has 2 aromatic rings. The molecule has 0 fully saturated rings. The van der Waals surface area contributed by atoms with Crippen molar-refractivity contribution in [2.75, 3.05) is 6.61 Å². The molecule has 0 heterocycles. The molecule has 7 nitrogen and oxygen atoms in total. The molecule has 2 amide bonds. The highest BCUT2D eigenvalue weighted by Gasteiger charge is 2.29. The first kappa shape index (κ1) is 26.3. The first-order valence-electron chi connectivity index (χ1n) is 12.2. The molecule has 2 aromatic carbocycles. The number of amides is 2. The van der Waals surface area contributed by atoms with E-state index < -0.39 is 30.1 Å². The standard InChI is InChI=1S/C28H36N2O5/c1-5-18(16-25(31)30-24(26(32)33)14-15-28(2,3)4)29-27(34)35-17-23-21-12-8-6-10-19(21)20-11-7-9-13-22(20)23/h6-13,18,23-24H,5,14-17H2,1-4H3,(H,29,34)(H,30,31)(H,32,33). The normalized spacial score (nSPS) is 14.4. The fraction of sp³-hybridized carbons (Fsp3) is 0.464. The predicted molar refractivity (Wildman–Crippen MR) is 135 cm³/mol. The van der Waals surface area contributed by atoms with Gasteiger partial charge in [0.25, 0.3) is 0 Å². The van der Waals surface area contributed by atoms with Crippen LogP contribution in [0.15, 0.2) is 48.5 Å². The molecule has 0 aliphatic heterocycles. The van der Waals surface area contributed by atoms with E-state index in [1.165, 1.54) is 0 Å². The van der Waals surface area contributed by atoms with Gasteiger partial charge in [-0.05, 0) is 46.9 Å². The van der Waals surface area contributed by atoms with Crippen molar-refractivity contribution >= 4 is 18.0 Å². The summed E-state index contributed by atoms with van der Waals surface area (Å²) in [6.45, 7) is 8.13. The minimum atomic E-state index is -1.06. The number of aliphatic carboxylic acids is 1. The number of carbonyl (C=O) groups is 3. The molecule has 2 unspecified atom stereocenters. The minimum absolute atomic E-state index is 0.0139. The Morgan fingerprint density at radius 1 is 0.971 bits per heavy atom. The summed E-state index contributed by atoms with van der Waals surface area (Å²) in [5, 5.41) is 14.8. The molecule has 35 heavy (non-hydrogen) atoms. The van der Waals surface area contributed by atoms with Crippen molar-refractivity contribution in [2.45, 2.75) is 71.4 Å². The van der Waals surface area contributed by atoms with Gasteiger partial charge in [-0.15, -0.1) is 0 Å². The third-order valence-electron chi connectivity index (χ3n) is 6.41. The monoisotopic (exact) mass is 480 g/mol. The van der Waals surface area contributed by atoms with E-state index in [0.717, 1.165) is 22.3 Å². The van der Waals surface area contributed by atoms with Crippen molar-refractivity contribution < 1.29 is 24.2 Å². The van der Waals surface area contributed by atoms with Crippen LogP contribution in [0.3, 0.4) is 0 Å². The van der Waals surface area contributed by atoms with Crippen molar-refractivity contribution in [2.24, 2.45) is 5.41 Å². The van der Waals surface area contributed by atoms with Crippen LogP contribution in [0.25, 0.3) is 11.1 Å². The third-order valence-corrected chi connectivity index (χ3v) is 6.41. The molecule has 0 spiro atoms. The maximum Gasteiger partial charge on any atom is 0.407 e. The summed E-state index contributed by atoms with van der Waals surface area (Å²) in [4.78, 5) is 36.6. The molecular formula is C28H36N2O5. The van der Waals surface area contributed by atoms with Crippen LogP contribution < -0.4 is 10.6 Å². The van der Waals surface area contributed by atoms with E-state index in [1.807, 2.05) is 52.0 Å². The smallest absolute Gasteiger partial charge is 0.407 e. The summed E-state index contributed by atoms with van der Waals surface area (Å²) in [5.74, 6) is -1.51. The van der Waals surface area contributed by atoms with Gasteiger partial charge in [0.05, 0.1) is 0 Å². The van der Waals surface area contributed by atoms with E-state index in [-0.39, 0.29) is 24.4 Å². The van der Waals surface area contributed by atoms with Crippen LogP contribution in [0, 0.1) is 5.41 Å². The van der Waals surface area contributed by atoms with Gasteiger partial charge in [-0.2, -0.15) is 0 Å². The highest BCUT2D eigenvalue weighted by molar-refractivity contribution is 5.84. The molecule has 0 aromatic heterocycles.